The summed E-state index contributed by atoms with van der Waals surface area (Å²) in [6, 6.07) is 11.9. The van der Waals surface area contributed by atoms with E-state index in [1.807, 2.05) is 0 Å². The van der Waals surface area contributed by atoms with E-state index in [9.17, 15) is 0 Å². The monoisotopic (exact) mass is 344 g/mol. The van der Waals surface area contributed by atoms with Crippen LogP contribution in [-0.2, 0) is 9.47 Å². The molecule has 0 bridgehead atoms. The molecule has 2 aliphatic heterocycles. The Morgan fingerprint density at radius 3 is 2.68 bits per heavy atom. The average Bonchev–Trinajstić information content (AvgIpc) is 2.66. The summed E-state index contributed by atoms with van der Waals surface area (Å²) < 4.78 is 11.6. The maximum Gasteiger partial charge on any atom is 0.0684 e. The number of nitrogens with one attached hydrogen (secondary N) is 1. The first-order chi connectivity index (χ1) is 12.2. The van der Waals surface area contributed by atoms with E-state index in [1.165, 1.54) is 18.4 Å². The summed E-state index contributed by atoms with van der Waals surface area (Å²) in [5.41, 5.74) is 1.64. The fourth-order valence-electron chi connectivity index (χ4n) is 5.20. The molecule has 0 aromatic heterocycles. The van der Waals surface area contributed by atoms with Crippen molar-refractivity contribution in [2.24, 2.45) is 11.3 Å². The molecule has 3 fully saturated rings. The molecule has 4 rings (SSSR count). The first-order valence-electron chi connectivity index (χ1n) is 9.89. The Bertz CT molecular complexity index is 556. The van der Waals surface area contributed by atoms with Gasteiger partial charge < -0.3 is 14.8 Å². The molecular weight excluding hydrogens is 312 g/mol. The van der Waals surface area contributed by atoms with Crippen LogP contribution in [0.2, 0.25) is 0 Å². The number of ether oxygens (including phenoxy) is 2. The van der Waals surface area contributed by atoms with Crippen LogP contribution in [0.25, 0.3) is 0 Å². The molecule has 25 heavy (non-hydrogen) atoms. The molecule has 0 radical (unpaired) electrons. The van der Waals surface area contributed by atoms with E-state index in [4.69, 9.17) is 9.47 Å². The zero-order valence-corrected chi connectivity index (χ0v) is 15.6. The number of fused-ring (bicyclic) bond motifs is 1. The summed E-state index contributed by atoms with van der Waals surface area (Å²) in [5.74, 6) is 0.685. The number of hydrogen-bond donors (Lipinski definition) is 1. The maximum atomic E-state index is 6.06. The first kappa shape index (κ1) is 17.5. The van der Waals surface area contributed by atoms with Gasteiger partial charge >= 0.3 is 0 Å². The van der Waals surface area contributed by atoms with E-state index in [0.29, 0.717) is 24.1 Å². The quantitative estimate of drug-likeness (QED) is 0.891. The van der Waals surface area contributed by atoms with Gasteiger partial charge in [-0.2, -0.15) is 0 Å². The highest BCUT2D eigenvalue weighted by atomic mass is 16.5. The van der Waals surface area contributed by atoms with Gasteiger partial charge in [-0.3, -0.25) is 4.90 Å². The average molecular weight is 344 g/mol. The van der Waals surface area contributed by atoms with E-state index in [1.54, 1.807) is 0 Å². The third kappa shape index (κ3) is 3.37. The predicted octanol–water partition coefficient (Wildman–Crippen LogP) is 2.85. The van der Waals surface area contributed by atoms with Gasteiger partial charge in [-0.1, -0.05) is 44.2 Å². The Morgan fingerprint density at radius 2 is 1.92 bits per heavy atom. The summed E-state index contributed by atoms with van der Waals surface area (Å²) in [5, 5.41) is 3.94. The lowest BCUT2D eigenvalue weighted by molar-refractivity contribution is -0.193. The van der Waals surface area contributed by atoms with Crippen LogP contribution in [0, 0.1) is 11.3 Å². The van der Waals surface area contributed by atoms with Crippen molar-refractivity contribution >= 4 is 0 Å². The molecule has 138 valence electrons. The second kappa shape index (κ2) is 7.36. The second-order valence-electron chi connectivity index (χ2n) is 8.38. The van der Waals surface area contributed by atoms with Crippen LogP contribution in [0.1, 0.15) is 38.3 Å². The summed E-state index contributed by atoms with van der Waals surface area (Å²) in [6.45, 7) is 10.4. The lowest BCUT2D eigenvalue weighted by Gasteiger charge is -2.60. The molecule has 1 aromatic carbocycles. The Labute approximate surface area is 151 Å². The highest BCUT2D eigenvalue weighted by Gasteiger charge is 2.57. The van der Waals surface area contributed by atoms with E-state index in [-0.39, 0.29) is 5.41 Å². The molecule has 4 nitrogen and oxygen atoms in total. The normalized spacial score (nSPS) is 33.3. The Balaban J connectivity index is 1.45. The van der Waals surface area contributed by atoms with Gasteiger partial charge in [-0.05, 0) is 18.4 Å². The number of rotatable bonds is 5. The lowest BCUT2D eigenvalue weighted by atomic mass is 9.55. The number of morpholine rings is 1. The van der Waals surface area contributed by atoms with Crippen molar-refractivity contribution in [1.82, 2.24) is 10.2 Å². The second-order valence-corrected chi connectivity index (χ2v) is 8.38. The zero-order chi connectivity index (χ0) is 17.3. The van der Waals surface area contributed by atoms with Crippen molar-refractivity contribution in [2.75, 3.05) is 39.5 Å². The molecule has 2 heterocycles. The SMILES string of the molecule is CC1(C)[C@H](NC[C@H](c2ccccc2)N2CCOCC2)[C@H]2CCCO[C@@H]21. The van der Waals surface area contributed by atoms with E-state index in [0.717, 1.165) is 39.5 Å². The molecule has 3 aliphatic rings. The van der Waals surface area contributed by atoms with Gasteiger partial charge in [0.1, 0.15) is 0 Å². The summed E-state index contributed by atoms with van der Waals surface area (Å²) >= 11 is 0. The Hall–Kier alpha value is -0.940. The molecule has 1 N–H and O–H groups in total. The van der Waals surface area contributed by atoms with Gasteiger partial charge in [-0.25, -0.2) is 0 Å². The number of nitrogens with zero attached hydrogens (tertiary/aromatic N) is 1. The van der Waals surface area contributed by atoms with Gasteiger partial charge in [0.2, 0.25) is 0 Å². The van der Waals surface area contributed by atoms with E-state index < -0.39 is 0 Å². The van der Waals surface area contributed by atoms with Crippen LogP contribution in [0.4, 0.5) is 0 Å². The first-order valence-corrected chi connectivity index (χ1v) is 9.89. The summed E-state index contributed by atoms with van der Waals surface area (Å²) in [4.78, 5) is 2.58. The topological polar surface area (TPSA) is 33.7 Å². The van der Waals surface area contributed by atoms with Crippen LogP contribution >= 0.6 is 0 Å². The van der Waals surface area contributed by atoms with Gasteiger partial charge in [0.05, 0.1) is 19.3 Å². The zero-order valence-electron chi connectivity index (χ0n) is 15.6. The van der Waals surface area contributed by atoms with Crippen LogP contribution in [0.5, 0.6) is 0 Å². The number of benzene rings is 1. The lowest BCUT2D eigenvalue weighted by Crippen LogP contribution is -2.69. The van der Waals surface area contributed by atoms with Crippen LogP contribution in [-0.4, -0.2) is 56.5 Å². The fourth-order valence-corrected chi connectivity index (χ4v) is 5.20. The molecule has 0 spiro atoms. The van der Waals surface area contributed by atoms with Gasteiger partial charge in [0.15, 0.2) is 0 Å². The number of hydrogen-bond acceptors (Lipinski definition) is 4. The smallest absolute Gasteiger partial charge is 0.0684 e. The molecule has 1 aliphatic carbocycles. The standard InChI is InChI=1S/C21H32N2O2/c1-21(2)19(17-9-6-12-25-20(17)21)22-15-18(16-7-4-3-5-8-16)23-10-13-24-14-11-23/h3-5,7-8,17-20,22H,6,9-15H2,1-2H3/t17-,18-,19-,20+/m1/s1. The minimum atomic E-state index is 0.233. The van der Waals surface area contributed by atoms with Crippen molar-refractivity contribution in [3.05, 3.63) is 35.9 Å². The molecule has 4 atom stereocenters. The molecule has 1 saturated carbocycles. The molecule has 0 unspecified atom stereocenters. The minimum absolute atomic E-state index is 0.233. The van der Waals surface area contributed by atoms with Gasteiger partial charge in [0.25, 0.3) is 0 Å². The molecular formula is C21H32N2O2. The Kier molecular flexibility index (Phi) is 5.14. The van der Waals surface area contributed by atoms with Crippen molar-refractivity contribution < 1.29 is 9.47 Å². The van der Waals surface area contributed by atoms with Gasteiger partial charge in [-0.15, -0.1) is 0 Å². The molecule has 4 heteroatoms. The van der Waals surface area contributed by atoms with Crippen molar-refractivity contribution in [2.45, 2.75) is 44.9 Å². The van der Waals surface area contributed by atoms with Crippen molar-refractivity contribution in [3.63, 3.8) is 0 Å². The maximum absolute atomic E-state index is 6.06. The molecule has 1 aromatic rings. The fraction of sp³-hybridized carbons (Fsp3) is 0.714. The molecule has 2 saturated heterocycles. The van der Waals surface area contributed by atoms with Crippen LogP contribution in [0.3, 0.4) is 0 Å². The van der Waals surface area contributed by atoms with Crippen molar-refractivity contribution in [1.29, 1.82) is 0 Å². The largest absolute Gasteiger partial charge is 0.379 e. The third-order valence-corrected chi connectivity index (χ3v) is 6.53. The van der Waals surface area contributed by atoms with E-state index >= 15 is 0 Å². The van der Waals surface area contributed by atoms with Crippen LogP contribution < -0.4 is 5.32 Å². The minimum Gasteiger partial charge on any atom is -0.379 e. The predicted molar refractivity (Wildman–Crippen MR) is 99.6 cm³/mol. The summed E-state index contributed by atoms with van der Waals surface area (Å²) in [6.07, 6.45) is 2.96. The van der Waals surface area contributed by atoms with E-state index in [2.05, 4.69) is 54.4 Å². The Morgan fingerprint density at radius 1 is 1.16 bits per heavy atom. The third-order valence-electron chi connectivity index (χ3n) is 6.53. The highest BCUT2D eigenvalue weighted by molar-refractivity contribution is 5.20. The molecule has 0 amide bonds. The van der Waals surface area contributed by atoms with Gasteiger partial charge in [0, 0.05) is 49.7 Å². The highest BCUT2D eigenvalue weighted by Crippen LogP contribution is 2.51. The van der Waals surface area contributed by atoms with Crippen molar-refractivity contribution in [3.8, 4) is 0 Å². The summed E-state index contributed by atoms with van der Waals surface area (Å²) in [7, 11) is 0. The van der Waals surface area contributed by atoms with Crippen LogP contribution in [0.15, 0.2) is 30.3 Å².